The van der Waals surface area contributed by atoms with Crippen LogP contribution in [0.2, 0.25) is 0 Å². The van der Waals surface area contributed by atoms with Crippen LogP contribution >= 0.6 is 24.0 Å². The number of nitrogens with one attached hydrogen (secondary N) is 2. The number of nitrogens with zero attached hydrogens (tertiary/aromatic N) is 3. The van der Waals surface area contributed by atoms with Crippen molar-refractivity contribution in [2.24, 2.45) is 4.99 Å². The van der Waals surface area contributed by atoms with Crippen LogP contribution in [0.3, 0.4) is 0 Å². The minimum Gasteiger partial charge on any atom is -0.357 e. The molecule has 26 heavy (non-hydrogen) atoms. The quantitative estimate of drug-likeness (QED) is 0.286. The Morgan fingerprint density at radius 3 is 2.73 bits per heavy atom. The summed E-state index contributed by atoms with van der Waals surface area (Å²) in [6.45, 7) is 4.54. The Bertz CT molecular complexity index is 700. The second-order valence-corrected chi connectivity index (χ2v) is 6.25. The smallest absolute Gasteiger partial charge is 0.191 e. The highest BCUT2D eigenvalue weighted by molar-refractivity contribution is 14.0. The van der Waals surface area contributed by atoms with Gasteiger partial charge >= 0.3 is 0 Å². The molecule has 1 aromatic carbocycles. The third-order valence-corrected chi connectivity index (χ3v) is 4.30. The molecule has 0 unspecified atom stereocenters. The first-order chi connectivity index (χ1) is 12.3. The number of aromatic nitrogens is 2. The average Bonchev–Trinajstić information content (AvgIpc) is 3.28. The molecule has 1 heterocycles. The molecule has 0 saturated heterocycles. The molecule has 2 aromatic rings. The number of benzene rings is 1. The van der Waals surface area contributed by atoms with Gasteiger partial charge in [-0.15, -0.1) is 24.0 Å². The molecule has 5 nitrogen and oxygen atoms in total. The minimum absolute atomic E-state index is 0. The molecule has 0 fully saturated rings. The number of guanidine groups is 1. The summed E-state index contributed by atoms with van der Waals surface area (Å²) in [4.78, 5) is 9.21. The van der Waals surface area contributed by atoms with E-state index < -0.39 is 0 Å². The molecule has 6 heteroatoms. The van der Waals surface area contributed by atoms with Gasteiger partial charge in [-0.3, -0.25) is 4.99 Å². The molecular formula is C20H28IN5. The molecule has 2 N–H and O–H groups in total. The maximum Gasteiger partial charge on any atom is 0.191 e. The van der Waals surface area contributed by atoms with Crippen LogP contribution in [0.1, 0.15) is 31.2 Å². The van der Waals surface area contributed by atoms with Crippen molar-refractivity contribution in [3.63, 3.8) is 0 Å². The minimum atomic E-state index is 0. The Labute approximate surface area is 173 Å². The van der Waals surface area contributed by atoms with E-state index in [1.807, 2.05) is 18.5 Å². The summed E-state index contributed by atoms with van der Waals surface area (Å²) in [5.74, 6) is 1.98. The predicted octanol–water partition coefficient (Wildman–Crippen LogP) is 3.37. The normalized spacial score (nSPS) is 14.3. The van der Waals surface area contributed by atoms with Crippen LogP contribution in [0.15, 0.2) is 59.9 Å². The fourth-order valence-electron chi connectivity index (χ4n) is 3.01. The molecule has 0 saturated carbocycles. The molecule has 0 bridgehead atoms. The first kappa shape index (κ1) is 20.5. The van der Waals surface area contributed by atoms with Gasteiger partial charge in [0.25, 0.3) is 0 Å². The van der Waals surface area contributed by atoms with E-state index in [0.29, 0.717) is 6.04 Å². The molecule has 1 aliphatic carbocycles. The zero-order valence-corrected chi connectivity index (χ0v) is 17.6. The van der Waals surface area contributed by atoms with E-state index in [2.05, 4.69) is 63.5 Å². The largest absolute Gasteiger partial charge is 0.357 e. The lowest BCUT2D eigenvalue weighted by Crippen LogP contribution is -2.42. The summed E-state index contributed by atoms with van der Waals surface area (Å²) in [5.41, 5.74) is 1.29. The Balaban J connectivity index is 0.00000243. The molecule has 0 aliphatic heterocycles. The van der Waals surface area contributed by atoms with Gasteiger partial charge in [-0.1, -0.05) is 42.5 Å². The van der Waals surface area contributed by atoms with Gasteiger partial charge in [0.1, 0.15) is 5.82 Å². The molecule has 0 radical (unpaired) electrons. The zero-order chi connectivity index (χ0) is 17.3. The highest BCUT2D eigenvalue weighted by Crippen LogP contribution is 2.09. The van der Waals surface area contributed by atoms with E-state index in [9.17, 15) is 0 Å². The molecular weight excluding hydrogens is 437 g/mol. The first-order valence-corrected chi connectivity index (χ1v) is 9.09. The fourth-order valence-corrected chi connectivity index (χ4v) is 3.01. The van der Waals surface area contributed by atoms with Gasteiger partial charge in [-0.2, -0.15) is 0 Å². The van der Waals surface area contributed by atoms with Crippen LogP contribution in [0.5, 0.6) is 0 Å². The van der Waals surface area contributed by atoms with Gasteiger partial charge in [-0.05, 0) is 25.3 Å². The van der Waals surface area contributed by atoms with E-state index in [4.69, 9.17) is 4.99 Å². The second-order valence-electron chi connectivity index (χ2n) is 6.25. The number of hydrogen-bond acceptors (Lipinski definition) is 2. The van der Waals surface area contributed by atoms with E-state index in [1.54, 1.807) is 0 Å². The number of halogens is 1. The Morgan fingerprint density at radius 2 is 2.00 bits per heavy atom. The van der Waals surface area contributed by atoms with Crippen molar-refractivity contribution in [3.8, 4) is 0 Å². The van der Waals surface area contributed by atoms with Crippen molar-refractivity contribution in [1.82, 2.24) is 20.2 Å². The lowest BCUT2D eigenvalue weighted by atomic mass is 10.2. The molecule has 0 atom stereocenters. The van der Waals surface area contributed by atoms with Crippen molar-refractivity contribution in [1.29, 1.82) is 0 Å². The molecule has 1 aromatic heterocycles. The van der Waals surface area contributed by atoms with Crippen molar-refractivity contribution < 1.29 is 0 Å². The standard InChI is InChI=1S/C20H27N5.HI/c1-2-21-20(24-18-10-6-7-11-18)23-13-12-19-22-14-15-25(19)16-17-8-4-3-5-9-17;/h3-9,14-15,18H,2,10-13,16H2,1H3,(H2,21,23,24);1H. The highest BCUT2D eigenvalue weighted by Gasteiger charge is 2.11. The van der Waals surface area contributed by atoms with Crippen LogP contribution in [-0.2, 0) is 13.0 Å². The summed E-state index contributed by atoms with van der Waals surface area (Å²) in [5, 5.41) is 6.83. The van der Waals surface area contributed by atoms with Crippen molar-refractivity contribution in [3.05, 3.63) is 66.3 Å². The Kier molecular flexibility index (Phi) is 8.67. The average molecular weight is 465 g/mol. The van der Waals surface area contributed by atoms with Gasteiger partial charge in [0.2, 0.25) is 0 Å². The third kappa shape index (κ3) is 6.16. The highest BCUT2D eigenvalue weighted by atomic mass is 127. The van der Waals surface area contributed by atoms with Crippen molar-refractivity contribution in [2.45, 2.75) is 38.8 Å². The van der Waals surface area contributed by atoms with Gasteiger partial charge in [0, 0.05) is 44.5 Å². The summed E-state index contributed by atoms with van der Waals surface area (Å²) < 4.78 is 2.20. The van der Waals surface area contributed by atoms with Crippen molar-refractivity contribution >= 4 is 29.9 Å². The summed E-state index contributed by atoms with van der Waals surface area (Å²) >= 11 is 0. The SMILES string of the molecule is CCNC(=NCCc1nccn1Cc1ccccc1)NC1CC=CC1.I. The monoisotopic (exact) mass is 465 g/mol. The van der Waals surface area contributed by atoms with Gasteiger partial charge in [-0.25, -0.2) is 4.98 Å². The van der Waals surface area contributed by atoms with Gasteiger partial charge in [0.05, 0.1) is 0 Å². The molecule has 0 spiro atoms. The fraction of sp³-hybridized carbons (Fsp3) is 0.400. The number of imidazole rings is 1. The second kappa shape index (κ2) is 11.0. The first-order valence-electron chi connectivity index (χ1n) is 9.09. The summed E-state index contributed by atoms with van der Waals surface area (Å²) in [6.07, 6.45) is 11.3. The third-order valence-electron chi connectivity index (χ3n) is 4.30. The number of hydrogen-bond donors (Lipinski definition) is 2. The lowest BCUT2D eigenvalue weighted by molar-refractivity contribution is 0.632. The van der Waals surface area contributed by atoms with E-state index in [0.717, 1.165) is 50.7 Å². The van der Waals surface area contributed by atoms with Crippen LogP contribution in [-0.4, -0.2) is 34.6 Å². The van der Waals surface area contributed by atoms with Crippen LogP contribution in [0.25, 0.3) is 0 Å². The van der Waals surface area contributed by atoms with Gasteiger partial charge < -0.3 is 15.2 Å². The van der Waals surface area contributed by atoms with E-state index in [-0.39, 0.29) is 24.0 Å². The molecule has 140 valence electrons. The molecule has 0 amide bonds. The summed E-state index contributed by atoms with van der Waals surface area (Å²) in [6, 6.07) is 10.9. The number of aliphatic imine (C=N–C) groups is 1. The molecule has 1 aliphatic rings. The topological polar surface area (TPSA) is 54.2 Å². The Morgan fingerprint density at radius 1 is 1.23 bits per heavy atom. The maximum atomic E-state index is 4.71. The van der Waals surface area contributed by atoms with Crippen LogP contribution in [0.4, 0.5) is 0 Å². The predicted molar refractivity (Wildman–Crippen MR) is 118 cm³/mol. The zero-order valence-electron chi connectivity index (χ0n) is 15.3. The van der Waals surface area contributed by atoms with Crippen molar-refractivity contribution in [2.75, 3.05) is 13.1 Å². The van der Waals surface area contributed by atoms with Crippen LogP contribution in [0, 0.1) is 0 Å². The maximum absolute atomic E-state index is 4.71. The van der Waals surface area contributed by atoms with E-state index >= 15 is 0 Å². The van der Waals surface area contributed by atoms with Crippen LogP contribution < -0.4 is 10.6 Å². The lowest BCUT2D eigenvalue weighted by Gasteiger charge is -2.16. The summed E-state index contributed by atoms with van der Waals surface area (Å²) in [7, 11) is 0. The van der Waals surface area contributed by atoms with E-state index in [1.165, 1.54) is 5.56 Å². The number of rotatable bonds is 7. The molecule has 3 rings (SSSR count). The van der Waals surface area contributed by atoms with Gasteiger partial charge in [0.15, 0.2) is 5.96 Å². The Hall–Kier alpha value is -1.83.